The Labute approximate surface area is 104 Å². The van der Waals surface area contributed by atoms with E-state index >= 15 is 0 Å². The number of nitrogens with zero attached hydrogens (tertiary/aromatic N) is 2. The molecule has 2 heterocycles. The molecule has 2 atom stereocenters. The number of hydrogen-bond acceptors (Lipinski definition) is 3. The molecule has 1 aromatic rings. The molecule has 0 saturated carbocycles. The zero-order valence-electron chi connectivity index (χ0n) is 10.9. The van der Waals surface area contributed by atoms with E-state index in [2.05, 4.69) is 22.9 Å². The van der Waals surface area contributed by atoms with Crippen molar-refractivity contribution in [2.75, 3.05) is 18.0 Å². The highest BCUT2D eigenvalue weighted by molar-refractivity contribution is 5.42. The van der Waals surface area contributed by atoms with Crippen molar-refractivity contribution in [3.8, 4) is 0 Å². The quantitative estimate of drug-likeness (QED) is 0.873. The second-order valence-electron chi connectivity index (χ2n) is 5.10. The van der Waals surface area contributed by atoms with E-state index in [1.807, 2.05) is 19.2 Å². The normalized spacial score (nSPS) is 22.5. The number of rotatable bonds is 3. The molecule has 1 unspecified atom stereocenters. The lowest BCUT2D eigenvalue weighted by atomic mass is 9.95. The van der Waals surface area contributed by atoms with Gasteiger partial charge in [0.1, 0.15) is 5.82 Å². The summed E-state index contributed by atoms with van der Waals surface area (Å²) in [6.07, 6.45) is 5.79. The fourth-order valence-electron chi connectivity index (χ4n) is 2.50. The summed E-state index contributed by atoms with van der Waals surface area (Å²) in [7, 11) is 0. The van der Waals surface area contributed by atoms with Crippen LogP contribution >= 0.6 is 0 Å². The lowest BCUT2D eigenvalue weighted by Gasteiger charge is -2.33. The zero-order valence-corrected chi connectivity index (χ0v) is 10.9. The minimum atomic E-state index is 0.0866. The molecule has 0 bridgehead atoms. The zero-order chi connectivity index (χ0) is 12.3. The summed E-state index contributed by atoms with van der Waals surface area (Å²) in [4.78, 5) is 6.89. The van der Waals surface area contributed by atoms with Gasteiger partial charge in [-0.1, -0.05) is 13.3 Å². The van der Waals surface area contributed by atoms with E-state index in [1.165, 1.54) is 24.8 Å². The molecule has 1 fully saturated rings. The van der Waals surface area contributed by atoms with Crippen LogP contribution in [0.3, 0.4) is 0 Å². The van der Waals surface area contributed by atoms with Gasteiger partial charge in [-0.05, 0) is 43.4 Å². The van der Waals surface area contributed by atoms with E-state index in [9.17, 15) is 0 Å². The van der Waals surface area contributed by atoms with Crippen LogP contribution < -0.4 is 10.6 Å². The Kier molecular flexibility index (Phi) is 4.00. The van der Waals surface area contributed by atoms with Crippen molar-refractivity contribution < 1.29 is 0 Å². The molecule has 0 aromatic carbocycles. The van der Waals surface area contributed by atoms with Gasteiger partial charge in [0, 0.05) is 25.3 Å². The lowest BCUT2D eigenvalue weighted by molar-refractivity contribution is 0.403. The first-order valence-electron chi connectivity index (χ1n) is 6.67. The number of hydrogen-bond donors (Lipinski definition) is 1. The molecule has 0 radical (unpaired) electrons. The van der Waals surface area contributed by atoms with Gasteiger partial charge in [0.05, 0.1) is 0 Å². The van der Waals surface area contributed by atoms with Crippen molar-refractivity contribution in [3.63, 3.8) is 0 Å². The first-order valence-corrected chi connectivity index (χ1v) is 6.67. The summed E-state index contributed by atoms with van der Waals surface area (Å²) in [5, 5.41) is 0. The number of anilines is 1. The molecule has 1 aliphatic heterocycles. The second kappa shape index (κ2) is 5.50. The molecular formula is C14H23N3. The highest BCUT2D eigenvalue weighted by Gasteiger charge is 2.19. The van der Waals surface area contributed by atoms with Crippen LogP contribution in [-0.2, 0) is 0 Å². The average Bonchev–Trinajstić information content (AvgIpc) is 2.39. The van der Waals surface area contributed by atoms with Gasteiger partial charge in [0.2, 0.25) is 0 Å². The maximum atomic E-state index is 5.92. The van der Waals surface area contributed by atoms with Gasteiger partial charge < -0.3 is 10.6 Å². The van der Waals surface area contributed by atoms with Gasteiger partial charge in [0.25, 0.3) is 0 Å². The van der Waals surface area contributed by atoms with Crippen molar-refractivity contribution in [2.45, 2.75) is 39.2 Å². The molecule has 0 amide bonds. The van der Waals surface area contributed by atoms with Crippen molar-refractivity contribution in [1.29, 1.82) is 0 Å². The minimum absolute atomic E-state index is 0.0866. The summed E-state index contributed by atoms with van der Waals surface area (Å²) >= 11 is 0. The van der Waals surface area contributed by atoms with E-state index in [-0.39, 0.29) is 6.04 Å². The number of pyridine rings is 1. The van der Waals surface area contributed by atoms with E-state index in [4.69, 9.17) is 5.73 Å². The van der Waals surface area contributed by atoms with Gasteiger partial charge >= 0.3 is 0 Å². The van der Waals surface area contributed by atoms with Crippen LogP contribution in [0.4, 0.5) is 5.82 Å². The molecule has 94 valence electrons. The Morgan fingerprint density at radius 3 is 3.12 bits per heavy atom. The fraction of sp³-hybridized carbons (Fsp3) is 0.643. The lowest BCUT2D eigenvalue weighted by Crippen LogP contribution is -2.35. The van der Waals surface area contributed by atoms with Gasteiger partial charge in [-0.25, -0.2) is 4.98 Å². The largest absolute Gasteiger partial charge is 0.356 e. The predicted molar refractivity (Wildman–Crippen MR) is 72.1 cm³/mol. The van der Waals surface area contributed by atoms with Crippen LogP contribution in [-0.4, -0.2) is 18.1 Å². The van der Waals surface area contributed by atoms with Crippen LogP contribution in [0.2, 0.25) is 0 Å². The molecule has 2 N–H and O–H groups in total. The summed E-state index contributed by atoms with van der Waals surface area (Å²) < 4.78 is 0. The Balaban J connectivity index is 2.13. The number of nitrogens with two attached hydrogens (primary N) is 1. The van der Waals surface area contributed by atoms with E-state index in [1.54, 1.807) is 0 Å². The van der Waals surface area contributed by atoms with Gasteiger partial charge in [-0.2, -0.15) is 0 Å². The first-order chi connectivity index (χ1) is 8.20. The Hall–Kier alpha value is -1.09. The predicted octanol–water partition coefficient (Wildman–Crippen LogP) is 2.73. The second-order valence-corrected chi connectivity index (χ2v) is 5.10. The first kappa shape index (κ1) is 12.4. The van der Waals surface area contributed by atoms with Crippen LogP contribution in [0.1, 0.15) is 44.7 Å². The van der Waals surface area contributed by atoms with E-state index < -0.39 is 0 Å². The highest BCUT2D eigenvalue weighted by Crippen LogP contribution is 2.24. The van der Waals surface area contributed by atoms with Gasteiger partial charge in [-0.15, -0.1) is 0 Å². The monoisotopic (exact) mass is 233 g/mol. The standard InChI is InChI=1S/C14H23N3/c1-3-12-5-4-8-17(10-12)14-9-13(11(2)15)6-7-16-14/h6-7,9,11-12H,3-5,8,10,15H2,1-2H3/t11-,12?/m1/s1. The highest BCUT2D eigenvalue weighted by atomic mass is 15.2. The summed E-state index contributed by atoms with van der Waals surface area (Å²) in [6.45, 7) is 6.57. The van der Waals surface area contributed by atoms with Crippen molar-refractivity contribution in [2.24, 2.45) is 11.7 Å². The minimum Gasteiger partial charge on any atom is -0.356 e. The van der Waals surface area contributed by atoms with Crippen LogP contribution in [0.15, 0.2) is 18.3 Å². The van der Waals surface area contributed by atoms with E-state index in [0.29, 0.717) is 0 Å². The Bertz CT molecular complexity index is 362. The maximum absolute atomic E-state index is 5.92. The fourth-order valence-corrected chi connectivity index (χ4v) is 2.50. The third-order valence-electron chi connectivity index (χ3n) is 3.72. The van der Waals surface area contributed by atoms with Crippen LogP contribution in [0, 0.1) is 5.92 Å². The molecule has 0 aliphatic carbocycles. The molecule has 1 saturated heterocycles. The molecule has 2 rings (SSSR count). The molecule has 0 spiro atoms. The number of aromatic nitrogens is 1. The molecule has 17 heavy (non-hydrogen) atoms. The Morgan fingerprint density at radius 1 is 1.59 bits per heavy atom. The van der Waals surface area contributed by atoms with E-state index in [0.717, 1.165) is 24.8 Å². The molecule has 3 nitrogen and oxygen atoms in total. The van der Waals surface area contributed by atoms with Crippen molar-refractivity contribution >= 4 is 5.82 Å². The number of piperidine rings is 1. The Morgan fingerprint density at radius 2 is 2.41 bits per heavy atom. The smallest absolute Gasteiger partial charge is 0.128 e. The SMILES string of the molecule is CCC1CCCN(c2cc([C@@H](C)N)ccn2)C1. The topological polar surface area (TPSA) is 42.1 Å². The van der Waals surface area contributed by atoms with Crippen LogP contribution in [0.25, 0.3) is 0 Å². The molecule has 1 aliphatic rings. The maximum Gasteiger partial charge on any atom is 0.128 e. The van der Waals surface area contributed by atoms with Crippen LogP contribution in [0.5, 0.6) is 0 Å². The van der Waals surface area contributed by atoms with Gasteiger partial charge in [-0.3, -0.25) is 0 Å². The third kappa shape index (κ3) is 2.97. The molecule has 3 heteroatoms. The van der Waals surface area contributed by atoms with Gasteiger partial charge in [0.15, 0.2) is 0 Å². The average molecular weight is 233 g/mol. The summed E-state index contributed by atoms with van der Waals surface area (Å²) in [6, 6.07) is 4.24. The summed E-state index contributed by atoms with van der Waals surface area (Å²) in [5.41, 5.74) is 7.09. The molecule has 1 aromatic heterocycles. The van der Waals surface area contributed by atoms with Crippen molar-refractivity contribution in [1.82, 2.24) is 4.98 Å². The van der Waals surface area contributed by atoms with Crippen molar-refractivity contribution in [3.05, 3.63) is 23.9 Å². The third-order valence-corrected chi connectivity index (χ3v) is 3.72. The molecular weight excluding hydrogens is 210 g/mol. The summed E-state index contributed by atoms with van der Waals surface area (Å²) in [5.74, 6) is 1.92.